The van der Waals surface area contributed by atoms with Gasteiger partial charge in [0.15, 0.2) is 17.5 Å². The molecule has 0 saturated heterocycles. The van der Waals surface area contributed by atoms with Crippen molar-refractivity contribution in [2.24, 2.45) is 11.8 Å². The van der Waals surface area contributed by atoms with E-state index in [-0.39, 0.29) is 0 Å². The first-order valence-corrected chi connectivity index (χ1v) is 9.38. The summed E-state index contributed by atoms with van der Waals surface area (Å²) in [4.78, 5) is 0. The summed E-state index contributed by atoms with van der Waals surface area (Å²) in [6.45, 7) is 2.19. The molecule has 134 valence electrons. The normalized spacial score (nSPS) is 21.5. The molecule has 0 amide bonds. The third kappa shape index (κ3) is 5.99. The van der Waals surface area contributed by atoms with Gasteiger partial charge in [0.05, 0.1) is 0 Å². The minimum absolute atomic E-state index is 0.564. The highest BCUT2D eigenvalue weighted by atomic mass is 19.2. The van der Waals surface area contributed by atoms with E-state index < -0.39 is 17.5 Å². The van der Waals surface area contributed by atoms with Crippen molar-refractivity contribution in [3.05, 3.63) is 47.3 Å². The summed E-state index contributed by atoms with van der Waals surface area (Å²) in [5, 5.41) is 0. The Kier molecular flexibility index (Phi) is 7.87. The number of halogens is 3. The van der Waals surface area contributed by atoms with Crippen molar-refractivity contribution < 1.29 is 13.2 Å². The van der Waals surface area contributed by atoms with Crippen LogP contribution in [0.4, 0.5) is 13.2 Å². The molecule has 0 aromatic heterocycles. The Morgan fingerprint density at radius 1 is 0.875 bits per heavy atom. The molecule has 0 radical (unpaired) electrons. The van der Waals surface area contributed by atoms with Crippen molar-refractivity contribution in [1.29, 1.82) is 0 Å². The summed E-state index contributed by atoms with van der Waals surface area (Å²) in [7, 11) is 0. The molecule has 0 N–H and O–H groups in total. The topological polar surface area (TPSA) is 0 Å². The van der Waals surface area contributed by atoms with Crippen molar-refractivity contribution in [3.63, 3.8) is 0 Å². The number of hydrogen-bond acceptors (Lipinski definition) is 0. The van der Waals surface area contributed by atoms with Gasteiger partial charge in [-0.3, -0.25) is 0 Å². The minimum Gasteiger partial charge on any atom is -0.204 e. The molecule has 3 heteroatoms. The molecule has 1 aliphatic rings. The zero-order valence-corrected chi connectivity index (χ0v) is 14.7. The molecule has 1 aromatic carbocycles. The molecule has 1 aromatic rings. The maximum Gasteiger partial charge on any atom is 0.194 e. The van der Waals surface area contributed by atoms with Crippen LogP contribution >= 0.6 is 0 Å². The van der Waals surface area contributed by atoms with Crippen LogP contribution in [0, 0.1) is 29.3 Å². The quantitative estimate of drug-likeness (QED) is 0.354. The number of rotatable bonds is 8. The Hall–Kier alpha value is -1.25. The fourth-order valence-electron chi connectivity index (χ4n) is 3.67. The van der Waals surface area contributed by atoms with Crippen LogP contribution in [-0.2, 0) is 6.42 Å². The summed E-state index contributed by atoms with van der Waals surface area (Å²) in [6.07, 6.45) is 15.9. The van der Waals surface area contributed by atoms with Gasteiger partial charge >= 0.3 is 0 Å². The van der Waals surface area contributed by atoms with E-state index in [0.717, 1.165) is 24.5 Å². The molecule has 0 spiro atoms. The fourth-order valence-corrected chi connectivity index (χ4v) is 3.67. The lowest BCUT2D eigenvalue weighted by atomic mass is 9.78. The lowest BCUT2D eigenvalue weighted by molar-refractivity contribution is 0.254. The summed E-state index contributed by atoms with van der Waals surface area (Å²) in [5.74, 6) is -2.07. The molecular formula is C21H29F3. The molecule has 1 saturated carbocycles. The predicted octanol–water partition coefficient (Wildman–Crippen LogP) is 6.98. The third-order valence-corrected chi connectivity index (χ3v) is 5.21. The zero-order chi connectivity index (χ0) is 17.4. The predicted molar refractivity (Wildman–Crippen MR) is 93.4 cm³/mol. The van der Waals surface area contributed by atoms with Gasteiger partial charge in [0, 0.05) is 0 Å². The second kappa shape index (κ2) is 9.90. The van der Waals surface area contributed by atoms with Crippen molar-refractivity contribution in [1.82, 2.24) is 0 Å². The standard InChI is InChI=1S/C21H29F3/c1-2-3-4-5-6-7-16-8-10-17(11-9-16)12-13-18-14-19(22)21(24)20(23)15-18/h4-5,14-17H,2-3,6-13H2,1H3/b5-4+. The van der Waals surface area contributed by atoms with Gasteiger partial charge < -0.3 is 0 Å². The van der Waals surface area contributed by atoms with Gasteiger partial charge in [-0.05, 0) is 61.6 Å². The summed E-state index contributed by atoms with van der Waals surface area (Å²) >= 11 is 0. The van der Waals surface area contributed by atoms with Gasteiger partial charge in [-0.2, -0.15) is 0 Å². The van der Waals surface area contributed by atoms with Crippen LogP contribution in [0.15, 0.2) is 24.3 Å². The molecule has 1 fully saturated rings. The van der Waals surface area contributed by atoms with Crippen LogP contribution in [0.2, 0.25) is 0 Å². The van der Waals surface area contributed by atoms with E-state index in [0.29, 0.717) is 17.9 Å². The minimum atomic E-state index is -1.37. The van der Waals surface area contributed by atoms with Crippen molar-refractivity contribution in [3.8, 4) is 0 Å². The van der Waals surface area contributed by atoms with Gasteiger partial charge in [-0.25, -0.2) is 13.2 Å². The highest BCUT2D eigenvalue weighted by molar-refractivity contribution is 5.19. The van der Waals surface area contributed by atoms with Crippen LogP contribution in [0.25, 0.3) is 0 Å². The molecule has 24 heavy (non-hydrogen) atoms. The van der Waals surface area contributed by atoms with Crippen LogP contribution in [0.3, 0.4) is 0 Å². The van der Waals surface area contributed by atoms with E-state index >= 15 is 0 Å². The third-order valence-electron chi connectivity index (χ3n) is 5.21. The molecular weight excluding hydrogens is 309 g/mol. The first-order chi connectivity index (χ1) is 11.6. The van der Waals surface area contributed by atoms with Crippen molar-refractivity contribution in [2.75, 3.05) is 0 Å². The molecule has 0 bridgehead atoms. The van der Waals surface area contributed by atoms with E-state index in [2.05, 4.69) is 19.1 Å². The van der Waals surface area contributed by atoms with Crippen LogP contribution in [0.5, 0.6) is 0 Å². The highest BCUT2D eigenvalue weighted by Gasteiger charge is 2.21. The van der Waals surface area contributed by atoms with Gasteiger partial charge in [0.2, 0.25) is 0 Å². The number of benzene rings is 1. The van der Waals surface area contributed by atoms with E-state index in [4.69, 9.17) is 0 Å². The Labute approximate surface area is 144 Å². The average molecular weight is 338 g/mol. The molecule has 1 aliphatic carbocycles. The average Bonchev–Trinajstić information content (AvgIpc) is 2.58. The molecule has 0 unspecified atom stereocenters. The van der Waals surface area contributed by atoms with E-state index in [1.165, 1.54) is 51.4 Å². The molecule has 0 nitrogen and oxygen atoms in total. The first-order valence-electron chi connectivity index (χ1n) is 9.38. The lowest BCUT2D eigenvalue weighted by Gasteiger charge is -2.28. The highest BCUT2D eigenvalue weighted by Crippen LogP contribution is 2.34. The Morgan fingerprint density at radius 3 is 2.00 bits per heavy atom. The second-order valence-corrected chi connectivity index (χ2v) is 7.14. The molecule has 2 rings (SSSR count). The Morgan fingerprint density at radius 2 is 1.42 bits per heavy atom. The maximum atomic E-state index is 13.2. The largest absolute Gasteiger partial charge is 0.204 e. The summed E-state index contributed by atoms with van der Waals surface area (Å²) < 4.78 is 39.4. The monoisotopic (exact) mass is 338 g/mol. The van der Waals surface area contributed by atoms with Gasteiger partial charge in [-0.1, -0.05) is 51.2 Å². The maximum absolute atomic E-state index is 13.2. The second-order valence-electron chi connectivity index (χ2n) is 7.14. The molecule has 0 heterocycles. The van der Waals surface area contributed by atoms with E-state index in [1.807, 2.05) is 0 Å². The zero-order valence-electron chi connectivity index (χ0n) is 14.7. The SMILES string of the molecule is CCC/C=C/CCC1CCC(CCc2cc(F)c(F)c(F)c2)CC1. The molecule has 0 atom stereocenters. The van der Waals surface area contributed by atoms with Gasteiger partial charge in [-0.15, -0.1) is 0 Å². The van der Waals surface area contributed by atoms with E-state index in [9.17, 15) is 13.2 Å². The van der Waals surface area contributed by atoms with Gasteiger partial charge in [0.25, 0.3) is 0 Å². The van der Waals surface area contributed by atoms with Crippen LogP contribution in [0.1, 0.15) is 70.3 Å². The van der Waals surface area contributed by atoms with Crippen LogP contribution in [-0.4, -0.2) is 0 Å². The number of allylic oxidation sites excluding steroid dienone is 2. The lowest BCUT2D eigenvalue weighted by Crippen LogP contribution is -2.15. The number of hydrogen-bond donors (Lipinski definition) is 0. The Balaban J connectivity index is 1.68. The summed E-state index contributed by atoms with van der Waals surface area (Å²) in [5.41, 5.74) is 0.564. The Bertz CT molecular complexity index is 505. The fraction of sp³-hybridized carbons (Fsp3) is 0.619. The van der Waals surface area contributed by atoms with Gasteiger partial charge in [0.1, 0.15) is 0 Å². The van der Waals surface area contributed by atoms with Crippen LogP contribution < -0.4 is 0 Å². The molecule has 0 aliphatic heterocycles. The smallest absolute Gasteiger partial charge is 0.194 e. The van der Waals surface area contributed by atoms with Crippen molar-refractivity contribution >= 4 is 0 Å². The first kappa shape index (κ1) is 19.1. The number of unbranched alkanes of at least 4 members (excludes halogenated alkanes) is 1. The van der Waals surface area contributed by atoms with E-state index in [1.54, 1.807) is 0 Å². The van der Waals surface area contributed by atoms with Crippen molar-refractivity contribution in [2.45, 2.75) is 71.1 Å². The summed E-state index contributed by atoms with van der Waals surface area (Å²) in [6, 6.07) is 2.26. The number of aryl methyl sites for hydroxylation is 1.